The Morgan fingerprint density at radius 3 is 2.62 bits per heavy atom. The number of carbonyl (C=O) groups is 1. The number of amides is 1. The fourth-order valence-electron chi connectivity index (χ4n) is 4.95. The molecule has 4 heterocycles. The number of rotatable bonds is 5. The average molecular weight is 567 g/mol. The molecule has 2 fully saturated rings. The molecule has 1 amide bonds. The van der Waals surface area contributed by atoms with Gasteiger partial charge in [-0.25, -0.2) is 13.4 Å². The van der Waals surface area contributed by atoms with Crippen LogP contribution in [0.15, 0.2) is 30.3 Å². The third-order valence-corrected chi connectivity index (χ3v) is 7.68. The van der Waals surface area contributed by atoms with E-state index in [1.807, 2.05) is 6.07 Å². The zero-order chi connectivity index (χ0) is 26.3. The zero-order valence-electron chi connectivity index (χ0n) is 20.5. The van der Waals surface area contributed by atoms with Crippen molar-refractivity contribution in [2.75, 3.05) is 48.7 Å². The second kappa shape index (κ2) is 10.3. The van der Waals surface area contributed by atoms with Gasteiger partial charge in [0.15, 0.2) is 5.65 Å². The molecule has 1 N–H and O–H groups in total. The van der Waals surface area contributed by atoms with Gasteiger partial charge >= 0.3 is 0 Å². The highest BCUT2D eigenvalue weighted by molar-refractivity contribution is 7.92. The van der Waals surface area contributed by atoms with Crippen molar-refractivity contribution >= 4 is 56.3 Å². The van der Waals surface area contributed by atoms with Crippen molar-refractivity contribution in [2.45, 2.75) is 25.8 Å². The van der Waals surface area contributed by atoms with Crippen LogP contribution in [0, 0.1) is 5.92 Å². The van der Waals surface area contributed by atoms with Crippen molar-refractivity contribution in [3.8, 4) is 0 Å². The molecule has 3 aromatic rings. The van der Waals surface area contributed by atoms with Crippen molar-refractivity contribution in [1.82, 2.24) is 19.5 Å². The summed E-state index contributed by atoms with van der Waals surface area (Å²) >= 11 is 12.6. The molecule has 2 saturated heterocycles. The average Bonchev–Trinajstić information content (AvgIpc) is 3.27. The highest BCUT2D eigenvalue weighted by Crippen LogP contribution is 2.36. The number of nitrogens with one attached hydrogen (secondary N) is 1. The second-order valence-corrected chi connectivity index (χ2v) is 12.2. The van der Waals surface area contributed by atoms with E-state index in [4.69, 9.17) is 33.0 Å². The van der Waals surface area contributed by atoms with E-state index in [-0.39, 0.29) is 29.1 Å². The molecule has 0 aliphatic carbocycles. The zero-order valence-corrected chi connectivity index (χ0v) is 22.9. The minimum absolute atomic E-state index is 0.187. The van der Waals surface area contributed by atoms with Gasteiger partial charge in [0.05, 0.1) is 42.5 Å². The molecule has 2 aliphatic heterocycles. The highest BCUT2D eigenvalue weighted by Gasteiger charge is 2.35. The van der Waals surface area contributed by atoms with E-state index in [0.29, 0.717) is 60.8 Å². The number of morpholine rings is 1. The summed E-state index contributed by atoms with van der Waals surface area (Å²) in [7, 11) is -3.60. The van der Waals surface area contributed by atoms with Crippen LogP contribution in [0.3, 0.4) is 0 Å². The molecule has 2 aliphatic rings. The van der Waals surface area contributed by atoms with Crippen LogP contribution in [-0.4, -0.2) is 72.9 Å². The lowest BCUT2D eigenvalue weighted by Crippen LogP contribution is -2.42. The normalized spacial score (nSPS) is 20.9. The van der Waals surface area contributed by atoms with E-state index in [1.54, 1.807) is 21.5 Å². The quantitative estimate of drug-likeness (QED) is 0.467. The third kappa shape index (κ3) is 5.64. The molecule has 2 atom stereocenters. The van der Waals surface area contributed by atoms with Crippen LogP contribution in [-0.2, 0) is 14.8 Å². The number of fused-ring (bicyclic) bond motifs is 1. The van der Waals surface area contributed by atoms with Crippen LogP contribution in [0.2, 0.25) is 10.2 Å². The van der Waals surface area contributed by atoms with Crippen molar-refractivity contribution in [1.29, 1.82) is 0 Å². The molecule has 13 heteroatoms. The number of likely N-dealkylation sites (tertiary alicyclic amines) is 1. The number of hydrogen-bond acceptors (Lipinski definition) is 7. The molecular formula is C24H28Cl2N6O4S. The van der Waals surface area contributed by atoms with E-state index >= 15 is 0 Å². The summed E-state index contributed by atoms with van der Waals surface area (Å²) in [5.41, 5.74) is 1.67. The minimum Gasteiger partial charge on any atom is -0.378 e. The Morgan fingerprint density at radius 2 is 1.89 bits per heavy atom. The maximum Gasteiger partial charge on any atom is 0.256 e. The lowest BCUT2D eigenvalue weighted by atomic mass is 9.91. The number of sulfonamides is 1. The van der Waals surface area contributed by atoms with Gasteiger partial charge in [-0.1, -0.05) is 30.1 Å². The van der Waals surface area contributed by atoms with Crippen LogP contribution in [0.4, 0.5) is 11.5 Å². The maximum absolute atomic E-state index is 13.9. The number of halogens is 2. The Hall–Kier alpha value is -2.60. The van der Waals surface area contributed by atoms with Crippen LogP contribution in [0.5, 0.6) is 0 Å². The van der Waals surface area contributed by atoms with Crippen LogP contribution in [0.1, 0.15) is 41.9 Å². The Morgan fingerprint density at radius 1 is 1.14 bits per heavy atom. The predicted molar refractivity (Wildman–Crippen MR) is 143 cm³/mol. The first-order valence-corrected chi connectivity index (χ1v) is 14.7. The monoisotopic (exact) mass is 566 g/mol. The largest absolute Gasteiger partial charge is 0.378 e. The topological polar surface area (TPSA) is 109 Å². The molecule has 1 aromatic carbocycles. The Bertz CT molecular complexity index is 1440. The summed E-state index contributed by atoms with van der Waals surface area (Å²) in [5.74, 6) is 0.766. The first kappa shape index (κ1) is 26.0. The predicted octanol–water partition coefficient (Wildman–Crippen LogP) is 3.86. The first-order valence-electron chi connectivity index (χ1n) is 12.1. The van der Waals surface area contributed by atoms with Gasteiger partial charge in [0.1, 0.15) is 11.0 Å². The minimum atomic E-state index is -3.60. The molecule has 0 saturated carbocycles. The number of nitrogens with zero attached hydrogens (tertiary/aromatic N) is 5. The van der Waals surface area contributed by atoms with E-state index in [0.717, 1.165) is 18.5 Å². The summed E-state index contributed by atoms with van der Waals surface area (Å²) in [6, 6.07) is 7.88. The van der Waals surface area contributed by atoms with Gasteiger partial charge in [-0.3, -0.25) is 9.52 Å². The van der Waals surface area contributed by atoms with Gasteiger partial charge in [-0.2, -0.15) is 9.61 Å². The lowest BCUT2D eigenvalue weighted by Gasteiger charge is -2.38. The molecule has 2 unspecified atom stereocenters. The molecule has 0 radical (unpaired) electrons. The van der Waals surface area contributed by atoms with E-state index < -0.39 is 10.0 Å². The van der Waals surface area contributed by atoms with Crippen molar-refractivity contribution in [3.05, 3.63) is 51.8 Å². The number of hydrogen-bond donors (Lipinski definition) is 1. The van der Waals surface area contributed by atoms with E-state index in [1.165, 1.54) is 12.1 Å². The summed E-state index contributed by atoms with van der Waals surface area (Å²) in [6.45, 7) is 5.23. The van der Waals surface area contributed by atoms with Crippen molar-refractivity contribution in [2.24, 2.45) is 5.92 Å². The number of carbonyl (C=O) groups excluding carboxylic acids is 1. The molecule has 10 nitrogen and oxygen atoms in total. The van der Waals surface area contributed by atoms with Crippen LogP contribution >= 0.6 is 23.2 Å². The van der Waals surface area contributed by atoms with E-state index in [9.17, 15) is 13.2 Å². The molecule has 5 rings (SSSR count). The molecule has 0 spiro atoms. The number of anilines is 2. The fraction of sp³-hybridized carbons (Fsp3) is 0.458. The number of aromatic nitrogens is 3. The Balaban J connectivity index is 1.54. The molecule has 2 aromatic heterocycles. The summed E-state index contributed by atoms with van der Waals surface area (Å²) < 4.78 is 33.6. The van der Waals surface area contributed by atoms with Gasteiger partial charge in [-0.15, -0.1) is 0 Å². The summed E-state index contributed by atoms with van der Waals surface area (Å²) in [6.07, 6.45) is 2.66. The molecule has 37 heavy (non-hydrogen) atoms. The third-order valence-electron chi connectivity index (χ3n) is 6.66. The number of ether oxygens (including phenoxy) is 1. The Kier molecular flexibility index (Phi) is 7.23. The molecular weight excluding hydrogens is 539 g/mol. The second-order valence-electron chi connectivity index (χ2n) is 9.60. The van der Waals surface area contributed by atoms with Crippen LogP contribution in [0.25, 0.3) is 5.65 Å². The van der Waals surface area contributed by atoms with Crippen molar-refractivity contribution < 1.29 is 17.9 Å². The van der Waals surface area contributed by atoms with Gasteiger partial charge in [0.25, 0.3) is 5.91 Å². The molecule has 198 valence electrons. The Labute approximate surface area is 225 Å². The standard InChI is InChI=1S/C24H28Cl2N6O4S/c1-15-3-6-20(31(14-15)24(33)17-11-16(25)4-5-18(17)29-37(2,34)35)19-12-22-27-21(26)13-23(32(22)28-19)30-7-9-36-10-8-30/h4-5,11-13,15,20,29H,3,6-10,14H2,1-2H3. The smallest absolute Gasteiger partial charge is 0.256 e. The van der Waals surface area contributed by atoms with E-state index in [2.05, 4.69) is 21.5 Å². The maximum atomic E-state index is 13.9. The lowest BCUT2D eigenvalue weighted by molar-refractivity contribution is 0.0538. The summed E-state index contributed by atoms with van der Waals surface area (Å²) in [4.78, 5) is 22.3. The van der Waals surface area contributed by atoms with Crippen molar-refractivity contribution in [3.63, 3.8) is 0 Å². The fourth-order valence-corrected chi connectivity index (χ4v) is 5.88. The highest BCUT2D eigenvalue weighted by atomic mass is 35.5. The number of piperidine rings is 1. The van der Waals surface area contributed by atoms with Gasteiger partial charge in [0, 0.05) is 36.8 Å². The van der Waals surface area contributed by atoms with Crippen LogP contribution < -0.4 is 9.62 Å². The molecule has 0 bridgehead atoms. The van der Waals surface area contributed by atoms with Gasteiger partial charge < -0.3 is 14.5 Å². The van der Waals surface area contributed by atoms with Gasteiger partial charge in [-0.05, 0) is 37.0 Å². The van der Waals surface area contributed by atoms with Gasteiger partial charge in [0.2, 0.25) is 10.0 Å². The number of benzene rings is 1. The first-order chi connectivity index (χ1) is 17.6. The SMILES string of the molecule is CC1CCC(c2cc3nc(Cl)cc(N4CCOCC4)n3n2)N(C(=O)c2cc(Cl)ccc2NS(C)(=O)=O)C1. The summed E-state index contributed by atoms with van der Waals surface area (Å²) in [5, 5.41) is 5.59.